The average Bonchev–Trinajstić information content (AvgIpc) is 3.31. The Morgan fingerprint density at radius 1 is 0.811 bits per heavy atom. The number of halogens is 3. The van der Waals surface area contributed by atoms with Crippen LogP contribution >= 0.6 is 0 Å². The fraction of sp³-hybridized carbons (Fsp3) is 0.194. The number of amides is 1. The van der Waals surface area contributed by atoms with Gasteiger partial charge in [-0.15, -0.1) is 0 Å². The quantitative estimate of drug-likeness (QED) is 0.289. The van der Waals surface area contributed by atoms with E-state index in [1.807, 2.05) is 18.2 Å². The van der Waals surface area contributed by atoms with Crippen molar-refractivity contribution in [3.05, 3.63) is 125 Å². The highest BCUT2D eigenvalue weighted by atomic mass is 19.4. The molecule has 4 aromatic carbocycles. The van der Waals surface area contributed by atoms with Crippen LogP contribution in [-0.2, 0) is 25.4 Å². The molecule has 2 N–H and O–H groups in total. The van der Waals surface area contributed by atoms with E-state index in [0.29, 0.717) is 28.4 Å². The van der Waals surface area contributed by atoms with Gasteiger partial charge in [0.1, 0.15) is 0 Å². The number of nitrogens with one attached hydrogen (secondary N) is 2. The zero-order valence-electron chi connectivity index (χ0n) is 20.2. The Kier molecular flexibility index (Phi) is 7.10. The van der Waals surface area contributed by atoms with E-state index >= 15 is 0 Å². The van der Waals surface area contributed by atoms with Crippen molar-refractivity contribution in [1.82, 2.24) is 5.32 Å². The number of rotatable bonds is 7. The maximum absolute atomic E-state index is 13.2. The van der Waals surface area contributed by atoms with Crippen molar-refractivity contribution in [1.29, 1.82) is 0 Å². The highest BCUT2D eigenvalue weighted by molar-refractivity contribution is 6.08. The SMILES string of the molecule is O=C(Nc1ccc2c(c1)CC(NCCc1ccccc1)C2)c1ccccc1-c1ccc(C(F)(F)F)cc1. The van der Waals surface area contributed by atoms with Crippen molar-refractivity contribution < 1.29 is 18.0 Å². The number of hydrogen-bond donors (Lipinski definition) is 2. The van der Waals surface area contributed by atoms with E-state index in [1.165, 1.54) is 28.8 Å². The second kappa shape index (κ2) is 10.6. The number of carbonyl (C=O) groups excluding carboxylic acids is 1. The van der Waals surface area contributed by atoms with Crippen molar-refractivity contribution in [3.63, 3.8) is 0 Å². The minimum atomic E-state index is -4.40. The molecule has 0 spiro atoms. The van der Waals surface area contributed by atoms with E-state index in [-0.39, 0.29) is 5.91 Å². The highest BCUT2D eigenvalue weighted by Gasteiger charge is 2.30. The van der Waals surface area contributed by atoms with Gasteiger partial charge in [-0.3, -0.25) is 4.79 Å². The van der Waals surface area contributed by atoms with Gasteiger partial charge in [0.2, 0.25) is 0 Å². The van der Waals surface area contributed by atoms with Gasteiger partial charge in [0.15, 0.2) is 0 Å². The molecule has 0 aliphatic heterocycles. The minimum absolute atomic E-state index is 0.300. The van der Waals surface area contributed by atoms with E-state index in [4.69, 9.17) is 0 Å². The summed E-state index contributed by atoms with van der Waals surface area (Å²) in [6.07, 6.45) is -1.57. The summed E-state index contributed by atoms with van der Waals surface area (Å²) in [7, 11) is 0. The third kappa shape index (κ3) is 5.92. The Bertz CT molecular complexity index is 1380. The van der Waals surface area contributed by atoms with Crippen molar-refractivity contribution in [2.24, 2.45) is 0 Å². The zero-order valence-corrected chi connectivity index (χ0v) is 20.2. The lowest BCUT2D eigenvalue weighted by atomic mass is 9.98. The third-order valence-corrected chi connectivity index (χ3v) is 6.78. The molecule has 0 bridgehead atoms. The first-order valence-electron chi connectivity index (χ1n) is 12.3. The van der Waals surface area contributed by atoms with Crippen LogP contribution in [0.1, 0.15) is 32.6 Å². The van der Waals surface area contributed by atoms with Gasteiger partial charge in [-0.1, -0.05) is 66.7 Å². The molecule has 1 amide bonds. The molecule has 37 heavy (non-hydrogen) atoms. The second-order valence-corrected chi connectivity index (χ2v) is 9.35. The molecule has 1 aliphatic carbocycles. The summed E-state index contributed by atoms with van der Waals surface area (Å²) < 4.78 is 38.9. The molecule has 0 aromatic heterocycles. The zero-order chi connectivity index (χ0) is 25.8. The van der Waals surface area contributed by atoms with Crippen LogP contribution in [0.3, 0.4) is 0 Å². The molecule has 5 rings (SSSR count). The van der Waals surface area contributed by atoms with Gasteiger partial charge in [0.25, 0.3) is 5.91 Å². The molecule has 0 saturated heterocycles. The molecule has 6 heteroatoms. The summed E-state index contributed by atoms with van der Waals surface area (Å²) in [5, 5.41) is 6.62. The molecule has 3 nitrogen and oxygen atoms in total. The molecule has 0 heterocycles. The first-order valence-corrected chi connectivity index (χ1v) is 12.3. The lowest BCUT2D eigenvalue weighted by Gasteiger charge is -2.13. The van der Waals surface area contributed by atoms with Crippen LogP contribution in [0.4, 0.5) is 18.9 Å². The van der Waals surface area contributed by atoms with Crippen LogP contribution in [0.25, 0.3) is 11.1 Å². The summed E-state index contributed by atoms with van der Waals surface area (Å²) in [5.74, 6) is -0.300. The third-order valence-electron chi connectivity index (χ3n) is 6.78. The number of alkyl halides is 3. The Hall–Kier alpha value is -3.90. The summed E-state index contributed by atoms with van der Waals surface area (Å²) in [4.78, 5) is 13.2. The van der Waals surface area contributed by atoms with Crippen LogP contribution in [0, 0.1) is 0 Å². The molecule has 0 radical (unpaired) electrons. The number of hydrogen-bond acceptors (Lipinski definition) is 2. The Morgan fingerprint density at radius 2 is 1.51 bits per heavy atom. The van der Waals surface area contributed by atoms with E-state index in [9.17, 15) is 18.0 Å². The van der Waals surface area contributed by atoms with Gasteiger partial charge in [-0.25, -0.2) is 0 Å². The molecule has 4 aromatic rings. The topological polar surface area (TPSA) is 41.1 Å². The predicted octanol–water partition coefficient (Wildman–Crippen LogP) is 6.92. The van der Waals surface area contributed by atoms with Crippen LogP contribution < -0.4 is 10.6 Å². The molecular formula is C31H27F3N2O. The standard InChI is InChI=1S/C31H27F3N2O/c32-31(33,34)25-13-10-22(11-14-25)28-8-4-5-9-29(28)30(37)36-26-15-12-23-18-27(20-24(23)19-26)35-17-16-21-6-2-1-3-7-21/h1-15,19,27,35H,16-18,20H2,(H,36,37). The van der Waals surface area contributed by atoms with Crippen LogP contribution in [0.2, 0.25) is 0 Å². The van der Waals surface area contributed by atoms with E-state index in [1.54, 1.807) is 24.3 Å². The number of fused-ring (bicyclic) bond motifs is 1. The molecule has 1 unspecified atom stereocenters. The summed E-state index contributed by atoms with van der Waals surface area (Å²) in [6.45, 7) is 0.910. The smallest absolute Gasteiger partial charge is 0.322 e. The van der Waals surface area contributed by atoms with E-state index < -0.39 is 11.7 Å². The van der Waals surface area contributed by atoms with Crippen LogP contribution in [0.5, 0.6) is 0 Å². The van der Waals surface area contributed by atoms with E-state index in [0.717, 1.165) is 37.9 Å². The second-order valence-electron chi connectivity index (χ2n) is 9.35. The molecule has 0 saturated carbocycles. The number of benzene rings is 4. The molecule has 1 aliphatic rings. The monoisotopic (exact) mass is 500 g/mol. The Morgan fingerprint density at radius 3 is 2.27 bits per heavy atom. The Balaban J connectivity index is 1.24. The molecule has 1 atom stereocenters. The lowest BCUT2D eigenvalue weighted by Crippen LogP contribution is -2.31. The average molecular weight is 501 g/mol. The summed E-state index contributed by atoms with van der Waals surface area (Å²) >= 11 is 0. The van der Waals surface area contributed by atoms with Gasteiger partial charge in [0.05, 0.1) is 5.56 Å². The van der Waals surface area contributed by atoms with Crippen LogP contribution in [0.15, 0.2) is 97.1 Å². The first kappa shape index (κ1) is 24.8. The molecule has 188 valence electrons. The summed E-state index contributed by atoms with van der Waals surface area (Å²) in [5.41, 5.74) is 5.33. The fourth-order valence-electron chi connectivity index (χ4n) is 4.88. The molecule has 0 fully saturated rings. The van der Waals surface area contributed by atoms with Gasteiger partial charge in [-0.05, 0) is 84.0 Å². The molecular weight excluding hydrogens is 473 g/mol. The normalized spacial score (nSPS) is 14.8. The van der Waals surface area contributed by atoms with Crippen molar-refractivity contribution in [3.8, 4) is 11.1 Å². The maximum atomic E-state index is 13.2. The van der Waals surface area contributed by atoms with Gasteiger partial charge in [0, 0.05) is 17.3 Å². The maximum Gasteiger partial charge on any atom is 0.416 e. The van der Waals surface area contributed by atoms with E-state index in [2.05, 4.69) is 41.0 Å². The van der Waals surface area contributed by atoms with Gasteiger partial charge in [-0.2, -0.15) is 13.2 Å². The van der Waals surface area contributed by atoms with Gasteiger partial charge < -0.3 is 10.6 Å². The van der Waals surface area contributed by atoms with Crippen molar-refractivity contribution in [2.45, 2.75) is 31.5 Å². The lowest BCUT2D eigenvalue weighted by molar-refractivity contribution is -0.137. The van der Waals surface area contributed by atoms with Crippen molar-refractivity contribution >= 4 is 11.6 Å². The minimum Gasteiger partial charge on any atom is -0.322 e. The fourth-order valence-corrected chi connectivity index (χ4v) is 4.88. The number of anilines is 1. The van der Waals surface area contributed by atoms with Crippen LogP contribution in [-0.4, -0.2) is 18.5 Å². The predicted molar refractivity (Wildman–Crippen MR) is 141 cm³/mol. The first-order chi connectivity index (χ1) is 17.9. The Labute approximate surface area is 214 Å². The van der Waals surface area contributed by atoms with Crippen molar-refractivity contribution in [2.75, 3.05) is 11.9 Å². The highest BCUT2D eigenvalue weighted by Crippen LogP contribution is 2.32. The summed E-state index contributed by atoms with van der Waals surface area (Å²) in [6, 6.07) is 28.6. The van der Waals surface area contributed by atoms with Gasteiger partial charge >= 0.3 is 6.18 Å². The number of carbonyl (C=O) groups is 1. The largest absolute Gasteiger partial charge is 0.416 e.